The summed E-state index contributed by atoms with van der Waals surface area (Å²) in [6.45, 7) is 4.16. The number of hydrogen-bond acceptors (Lipinski definition) is 5. The van der Waals surface area contributed by atoms with Gasteiger partial charge in [-0.2, -0.15) is 0 Å². The minimum atomic E-state index is 0.391. The number of fused-ring (bicyclic) bond motifs is 2. The van der Waals surface area contributed by atoms with Gasteiger partial charge in [-0.05, 0) is 77.8 Å². The van der Waals surface area contributed by atoms with Crippen molar-refractivity contribution >= 4 is 44.1 Å². The molecule has 2 heterocycles. The second-order valence-electron chi connectivity index (χ2n) is 6.72. The Balaban J connectivity index is 1.22. The molecule has 4 rings (SSSR count). The van der Waals surface area contributed by atoms with E-state index in [4.69, 9.17) is 0 Å². The molecule has 27 heavy (non-hydrogen) atoms. The second kappa shape index (κ2) is 8.85. The lowest BCUT2D eigenvalue weighted by atomic mass is 10.1. The van der Waals surface area contributed by atoms with E-state index >= 15 is 0 Å². The molecule has 0 unspecified atom stereocenters. The predicted molar refractivity (Wildman–Crippen MR) is 119 cm³/mol. The van der Waals surface area contributed by atoms with E-state index in [-0.39, 0.29) is 0 Å². The standard InChI is InChI=1S/C22H23N3S2/c1-16(25-27-20-7-6-18-14-24-10-8-17(18)12-20)13-23-11-9-19-15-26-22-5-3-2-4-21(19)22/h2-8,10,12,14-16,23,25H,9,11,13H2,1H3/t16-/m1/s1. The van der Waals surface area contributed by atoms with E-state index in [1.807, 2.05) is 23.7 Å². The van der Waals surface area contributed by atoms with E-state index < -0.39 is 0 Å². The summed E-state index contributed by atoms with van der Waals surface area (Å²) in [7, 11) is 0. The zero-order valence-corrected chi connectivity index (χ0v) is 16.9. The SMILES string of the molecule is C[C@H](CNCCc1csc2ccccc12)NSc1ccc2cnccc2c1. The highest BCUT2D eigenvalue weighted by Gasteiger charge is 2.05. The van der Waals surface area contributed by atoms with Crippen molar-refractivity contribution in [1.82, 2.24) is 15.0 Å². The molecule has 4 aromatic rings. The number of rotatable bonds is 8. The highest BCUT2D eigenvalue weighted by atomic mass is 32.2. The highest BCUT2D eigenvalue weighted by molar-refractivity contribution is 7.97. The molecule has 0 bridgehead atoms. The van der Waals surface area contributed by atoms with Gasteiger partial charge in [0.05, 0.1) is 0 Å². The summed E-state index contributed by atoms with van der Waals surface area (Å²) in [6.07, 6.45) is 4.82. The van der Waals surface area contributed by atoms with Gasteiger partial charge in [0.15, 0.2) is 0 Å². The molecule has 138 valence electrons. The molecule has 0 fully saturated rings. The van der Waals surface area contributed by atoms with Crippen molar-refractivity contribution in [3.05, 3.63) is 71.9 Å². The Morgan fingerprint density at radius 3 is 3.00 bits per heavy atom. The van der Waals surface area contributed by atoms with E-state index in [2.05, 4.69) is 75.9 Å². The molecule has 0 radical (unpaired) electrons. The summed E-state index contributed by atoms with van der Waals surface area (Å²) in [4.78, 5) is 5.39. The molecular weight excluding hydrogens is 370 g/mol. The van der Waals surface area contributed by atoms with Crippen molar-refractivity contribution < 1.29 is 0 Å². The maximum Gasteiger partial charge on any atom is 0.0346 e. The van der Waals surface area contributed by atoms with Crippen LogP contribution in [0.3, 0.4) is 0 Å². The Hall–Kier alpha value is -1.92. The van der Waals surface area contributed by atoms with Gasteiger partial charge < -0.3 is 5.32 Å². The first kappa shape index (κ1) is 18.4. The fourth-order valence-electron chi connectivity index (χ4n) is 3.10. The summed E-state index contributed by atoms with van der Waals surface area (Å²) < 4.78 is 4.91. The van der Waals surface area contributed by atoms with Crippen LogP contribution in [-0.2, 0) is 6.42 Å². The molecule has 2 aromatic carbocycles. The normalized spacial score (nSPS) is 12.6. The van der Waals surface area contributed by atoms with E-state index in [0.717, 1.165) is 19.5 Å². The van der Waals surface area contributed by atoms with Gasteiger partial charge in [0.25, 0.3) is 0 Å². The Kier molecular flexibility index (Phi) is 6.04. The molecule has 0 amide bonds. The van der Waals surface area contributed by atoms with Crippen LogP contribution in [0, 0.1) is 0 Å². The van der Waals surface area contributed by atoms with Gasteiger partial charge in [-0.15, -0.1) is 11.3 Å². The van der Waals surface area contributed by atoms with Crippen LogP contribution in [0.15, 0.2) is 71.2 Å². The quantitative estimate of drug-likeness (QED) is 0.316. The first-order chi connectivity index (χ1) is 13.3. The van der Waals surface area contributed by atoms with Crippen LogP contribution in [0.4, 0.5) is 0 Å². The fourth-order valence-corrected chi connectivity index (χ4v) is 4.84. The molecule has 5 heteroatoms. The number of pyridine rings is 1. The number of benzene rings is 2. The lowest BCUT2D eigenvalue weighted by Crippen LogP contribution is -2.33. The van der Waals surface area contributed by atoms with Crippen LogP contribution in [0.25, 0.3) is 20.9 Å². The van der Waals surface area contributed by atoms with Crippen LogP contribution < -0.4 is 10.0 Å². The van der Waals surface area contributed by atoms with E-state index in [9.17, 15) is 0 Å². The molecule has 0 saturated carbocycles. The molecule has 0 saturated heterocycles. The van der Waals surface area contributed by atoms with Gasteiger partial charge in [0.2, 0.25) is 0 Å². The minimum Gasteiger partial charge on any atom is -0.315 e. The van der Waals surface area contributed by atoms with E-state index in [0.29, 0.717) is 6.04 Å². The van der Waals surface area contributed by atoms with Crippen molar-refractivity contribution in [3.63, 3.8) is 0 Å². The zero-order valence-electron chi connectivity index (χ0n) is 15.3. The van der Waals surface area contributed by atoms with Crippen LogP contribution >= 0.6 is 23.3 Å². The lowest BCUT2D eigenvalue weighted by molar-refractivity contribution is 0.587. The maximum atomic E-state index is 4.16. The number of hydrogen-bond donors (Lipinski definition) is 2. The van der Waals surface area contributed by atoms with Crippen molar-refractivity contribution in [2.45, 2.75) is 24.3 Å². The summed E-state index contributed by atoms with van der Waals surface area (Å²) >= 11 is 3.53. The number of aromatic nitrogens is 1. The van der Waals surface area contributed by atoms with E-state index in [1.54, 1.807) is 11.9 Å². The molecule has 1 atom stereocenters. The average molecular weight is 394 g/mol. The van der Waals surface area contributed by atoms with Crippen molar-refractivity contribution in [3.8, 4) is 0 Å². The van der Waals surface area contributed by atoms with Gasteiger partial charge in [0, 0.05) is 40.0 Å². The number of nitrogens with one attached hydrogen (secondary N) is 2. The third-order valence-corrected chi connectivity index (χ3v) is 6.59. The molecule has 0 aliphatic carbocycles. The summed E-state index contributed by atoms with van der Waals surface area (Å²) in [5.41, 5.74) is 1.45. The summed E-state index contributed by atoms with van der Waals surface area (Å²) in [5, 5.41) is 9.67. The number of thiophene rings is 1. The Morgan fingerprint density at radius 1 is 1.11 bits per heavy atom. The summed E-state index contributed by atoms with van der Waals surface area (Å²) in [5.74, 6) is 0. The van der Waals surface area contributed by atoms with Gasteiger partial charge >= 0.3 is 0 Å². The smallest absolute Gasteiger partial charge is 0.0346 e. The highest BCUT2D eigenvalue weighted by Crippen LogP contribution is 2.25. The largest absolute Gasteiger partial charge is 0.315 e. The predicted octanol–water partition coefficient (Wildman–Crippen LogP) is 5.27. The van der Waals surface area contributed by atoms with Gasteiger partial charge in [-0.25, -0.2) is 0 Å². The van der Waals surface area contributed by atoms with E-state index in [1.165, 1.54) is 31.3 Å². The third-order valence-electron chi connectivity index (χ3n) is 4.57. The van der Waals surface area contributed by atoms with Gasteiger partial charge in [0.1, 0.15) is 0 Å². The van der Waals surface area contributed by atoms with Crippen LogP contribution in [0.2, 0.25) is 0 Å². The third kappa shape index (κ3) is 4.68. The molecule has 2 N–H and O–H groups in total. The topological polar surface area (TPSA) is 37.0 Å². The lowest BCUT2D eigenvalue weighted by Gasteiger charge is -2.14. The molecule has 3 nitrogen and oxygen atoms in total. The Morgan fingerprint density at radius 2 is 2.04 bits per heavy atom. The number of nitrogens with zero attached hydrogens (tertiary/aromatic N) is 1. The van der Waals surface area contributed by atoms with Gasteiger partial charge in [-0.3, -0.25) is 9.71 Å². The second-order valence-corrected chi connectivity index (χ2v) is 8.54. The Bertz CT molecular complexity index is 1030. The van der Waals surface area contributed by atoms with Gasteiger partial charge in [-0.1, -0.05) is 24.3 Å². The van der Waals surface area contributed by atoms with Crippen LogP contribution in [0.1, 0.15) is 12.5 Å². The summed E-state index contributed by atoms with van der Waals surface area (Å²) in [6, 6.07) is 17.6. The van der Waals surface area contributed by atoms with Crippen molar-refractivity contribution in [2.75, 3.05) is 13.1 Å². The van der Waals surface area contributed by atoms with Crippen LogP contribution in [-0.4, -0.2) is 24.1 Å². The van der Waals surface area contributed by atoms with Crippen molar-refractivity contribution in [2.24, 2.45) is 0 Å². The molecule has 2 aromatic heterocycles. The zero-order chi connectivity index (χ0) is 18.5. The molecule has 0 aliphatic rings. The average Bonchev–Trinajstić information content (AvgIpc) is 3.13. The first-order valence-electron chi connectivity index (χ1n) is 9.21. The fraction of sp³-hybridized carbons (Fsp3) is 0.227. The molecule has 0 aliphatic heterocycles. The maximum absolute atomic E-state index is 4.16. The molecule has 0 spiro atoms. The van der Waals surface area contributed by atoms with Crippen LogP contribution in [0.5, 0.6) is 0 Å². The minimum absolute atomic E-state index is 0.391. The molecular formula is C22H23N3S2. The van der Waals surface area contributed by atoms with Crippen molar-refractivity contribution in [1.29, 1.82) is 0 Å². The Labute approximate surface area is 168 Å². The monoisotopic (exact) mass is 393 g/mol. The first-order valence-corrected chi connectivity index (χ1v) is 10.9.